The Kier molecular flexibility index (Phi) is 7.20. The Morgan fingerprint density at radius 2 is 1.03 bits per heavy atom. The molecule has 11 aromatic rings. The third kappa shape index (κ3) is 5.14. The lowest BCUT2D eigenvalue weighted by molar-refractivity contribution is 0.660. The van der Waals surface area contributed by atoms with Gasteiger partial charge < -0.3 is 8.98 Å². The summed E-state index contributed by atoms with van der Waals surface area (Å²) in [6.45, 7) is 4.60. The first kappa shape index (κ1) is 33.5. The van der Waals surface area contributed by atoms with Crippen LogP contribution in [0.5, 0.6) is 0 Å². The number of aromatic nitrogens is 4. The number of hydrogen-bond acceptors (Lipinski definition) is 4. The summed E-state index contributed by atoms with van der Waals surface area (Å²) in [5.41, 5.74) is 15.0. The number of furan rings is 1. The van der Waals surface area contributed by atoms with E-state index in [0.717, 1.165) is 61.0 Å². The summed E-state index contributed by atoms with van der Waals surface area (Å²) >= 11 is 0. The third-order valence-electron chi connectivity index (χ3n) is 12.2. The minimum Gasteiger partial charge on any atom is -0.456 e. The maximum absolute atomic E-state index is 6.65. The van der Waals surface area contributed by atoms with Gasteiger partial charge >= 0.3 is 0 Å². The van der Waals surface area contributed by atoms with E-state index in [-0.39, 0.29) is 5.41 Å². The first-order chi connectivity index (χ1) is 29.0. The highest BCUT2D eigenvalue weighted by atomic mass is 16.3. The van der Waals surface area contributed by atoms with Gasteiger partial charge in [0.1, 0.15) is 11.2 Å². The highest BCUT2D eigenvalue weighted by Gasteiger charge is 2.35. The molecule has 1 aliphatic carbocycles. The van der Waals surface area contributed by atoms with Crippen LogP contribution < -0.4 is 0 Å². The smallest absolute Gasteiger partial charge is 0.164 e. The lowest BCUT2D eigenvalue weighted by atomic mass is 9.82. The zero-order valence-corrected chi connectivity index (χ0v) is 32.5. The molecule has 5 nitrogen and oxygen atoms in total. The molecule has 0 N–H and O–H groups in total. The van der Waals surface area contributed by atoms with Crippen molar-refractivity contribution in [3.63, 3.8) is 0 Å². The Bertz CT molecular complexity index is 3470. The largest absolute Gasteiger partial charge is 0.456 e. The molecule has 0 saturated heterocycles. The molecule has 12 rings (SSSR count). The van der Waals surface area contributed by atoms with Crippen molar-refractivity contribution in [1.29, 1.82) is 0 Å². The summed E-state index contributed by atoms with van der Waals surface area (Å²) in [7, 11) is 0. The number of hydrogen-bond donors (Lipinski definition) is 0. The van der Waals surface area contributed by atoms with Gasteiger partial charge in [0.25, 0.3) is 0 Å². The summed E-state index contributed by atoms with van der Waals surface area (Å²) in [5.74, 6) is 1.84. The van der Waals surface area contributed by atoms with Crippen LogP contribution in [0.2, 0.25) is 0 Å². The molecule has 0 amide bonds. The molecule has 0 radical (unpaired) electrons. The van der Waals surface area contributed by atoms with Gasteiger partial charge in [0.15, 0.2) is 17.5 Å². The lowest BCUT2D eigenvalue weighted by Crippen LogP contribution is -2.15. The van der Waals surface area contributed by atoms with E-state index in [1.54, 1.807) is 0 Å². The van der Waals surface area contributed by atoms with Crippen molar-refractivity contribution in [1.82, 2.24) is 19.5 Å². The molecule has 0 unspecified atom stereocenters. The molecule has 0 saturated carbocycles. The van der Waals surface area contributed by atoms with Gasteiger partial charge in [-0.15, -0.1) is 0 Å². The average Bonchev–Trinajstić information content (AvgIpc) is 3.91. The van der Waals surface area contributed by atoms with Crippen LogP contribution in [0.3, 0.4) is 0 Å². The van der Waals surface area contributed by atoms with Crippen LogP contribution in [0.4, 0.5) is 0 Å². The highest BCUT2D eigenvalue weighted by Crippen LogP contribution is 2.49. The van der Waals surface area contributed by atoms with E-state index in [1.165, 1.54) is 38.5 Å². The molecule has 0 aliphatic heterocycles. The average molecular weight is 757 g/mol. The molecule has 0 bridgehead atoms. The minimum absolute atomic E-state index is 0.157. The zero-order chi connectivity index (χ0) is 39.2. The zero-order valence-electron chi connectivity index (χ0n) is 32.5. The third-order valence-corrected chi connectivity index (χ3v) is 12.2. The Labute approximate surface area is 340 Å². The fraction of sp³-hybridized carbons (Fsp3) is 0.0556. The standard InChI is InChI=1S/C54H36N4O/c1-54(2)44-22-12-9-19-38(44)39-27-25-35(31-45(39)54)52-55-51(33-15-5-3-6-16-33)56-53(57-52)36-30-42(50-41-21-11-14-24-48(41)59-49(50)32-36)34-26-28-47-43(29-34)40-20-10-13-23-46(40)58(47)37-17-7-4-8-18-37/h3-32H,1-2H3. The molecule has 278 valence electrons. The summed E-state index contributed by atoms with van der Waals surface area (Å²) in [5, 5.41) is 4.52. The maximum Gasteiger partial charge on any atom is 0.164 e. The van der Waals surface area contributed by atoms with Gasteiger partial charge in [-0.2, -0.15) is 0 Å². The molecule has 1 aliphatic rings. The van der Waals surface area contributed by atoms with Crippen LogP contribution in [0.1, 0.15) is 25.0 Å². The van der Waals surface area contributed by atoms with Crippen LogP contribution in [-0.2, 0) is 5.41 Å². The van der Waals surface area contributed by atoms with E-state index in [0.29, 0.717) is 17.5 Å². The molecule has 0 fully saturated rings. The topological polar surface area (TPSA) is 56.7 Å². The SMILES string of the molecule is CC1(C)c2ccccc2-c2ccc(-c3nc(-c4ccccc4)nc(-c4cc(-c5ccc6c(c5)c5ccccc5n6-c5ccccc5)c5c(c4)oc4ccccc45)n3)cc21. The van der Waals surface area contributed by atoms with E-state index in [2.05, 4.69) is 170 Å². The maximum atomic E-state index is 6.65. The predicted octanol–water partition coefficient (Wildman–Crippen LogP) is 13.8. The number of fused-ring (bicyclic) bond motifs is 9. The normalized spacial score (nSPS) is 13.1. The highest BCUT2D eigenvalue weighted by molar-refractivity contribution is 6.16. The first-order valence-electron chi connectivity index (χ1n) is 20.1. The number of para-hydroxylation sites is 3. The molecule has 59 heavy (non-hydrogen) atoms. The molecular weight excluding hydrogens is 721 g/mol. The number of rotatable bonds is 5. The van der Waals surface area contributed by atoms with Crippen molar-refractivity contribution >= 4 is 43.7 Å². The summed E-state index contributed by atoms with van der Waals surface area (Å²) in [6, 6.07) is 64.2. The van der Waals surface area contributed by atoms with Crippen molar-refractivity contribution in [2.45, 2.75) is 19.3 Å². The van der Waals surface area contributed by atoms with E-state index < -0.39 is 0 Å². The van der Waals surface area contributed by atoms with Crippen LogP contribution in [0, 0.1) is 0 Å². The van der Waals surface area contributed by atoms with E-state index >= 15 is 0 Å². The van der Waals surface area contributed by atoms with E-state index in [1.807, 2.05) is 30.3 Å². The van der Waals surface area contributed by atoms with E-state index in [9.17, 15) is 0 Å². The van der Waals surface area contributed by atoms with Crippen LogP contribution in [-0.4, -0.2) is 19.5 Å². The van der Waals surface area contributed by atoms with Crippen LogP contribution >= 0.6 is 0 Å². The summed E-state index contributed by atoms with van der Waals surface area (Å²) in [6.07, 6.45) is 0. The number of benzene rings is 8. The van der Waals surface area contributed by atoms with Crippen LogP contribution in [0.25, 0.3) is 106 Å². The van der Waals surface area contributed by atoms with Gasteiger partial charge in [-0.25, -0.2) is 15.0 Å². The Morgan fingerprint density at radius 3 is 1.86 bits per heavy atom. The summed E-state index contributed by atoms with van der Waals surface area (Å²) < 4.78 is 9.01. The molecule has 0 atom stereocenters. The molecule has 5 heteroatoms. The van der Waals surface area contributed by atoms with Crippen molar-refractivity contribution in [2.75, 3.05) is 0 Å². The van der Waals surface area contributed by atoms with Gasteiger partial charge in [-0.05, 0) is 88.0 Å². The Morgan fingerprint density at radius 1 is 0.407 bits per heavy atom. The molecule has 0 spiro atoms. The van der Waals surface area contributed by atoms with Gasteiger partial charge in [0.05, 0.1) is 11.0 Å². The minimum atomic E-state index is -0.157. The van der Waals surface area contributed by atoms with Crippen LogP contribution in [0.15, 0.2) is 186 Å². The second kappa shape index (κ2) is 12.7. The molecular formula is C54H36N4O. The second-order valence-electron chi connectivity index (χ2n) is 16.0. The lowest BCUT2D eigenvalue weighted by Gasteiger charge is -2.21. The van der Waals surface area contributed by atoms with Gasteiger partial charge in [0.2, 0.25) is 0 Å². The van der Waals surface area contributed by atoms with Gasteiger partial charge in [-0.1, -0.05) is 141 Å². The molecule has 3 aromatic heterocycles. The van der Waals surface area contributed by atoms with Gasteiger partial charge in [0, 0.05) is 49.3 Å². The second-order valence-corrected chi connectivity index (χ2v) is 16.0. The first-order valence-corrected chi connectivity index (χ1v) is 20.1. The van der Waals surface area contributed by atoms with E-state index in [4.69, 9.17) is 19.4 Å². The summed E-state index contributed by atoms with van der Waals surface area (Å²) in [4.78, 5) is 15.6. The van der Waals surface area contributed by atoms with Crippen molar-refractivity contribution in [3.8, 4) is 62.1 Å². The Balaban J connectivity index is 1.09. The monoisotopic (exact) mass is 756 g/mol. The van der Waals surface area contributed by atoms with Crippen molar-refractivity contribution in [3.05, 3.63) is 193 Å². The van der Waals surface area contributed by atoms with Crippen molar-refractivity contribution < 1.29 is 4.42 Å². The number of nitrogens with zero attached hydrogens (tertiary/aromatic N) is 4. The quantitative estimate of drug-likeness (QED) is 0.175. The van der Waals surface area contributed by atoms with Gasteiger partial charge in [-0.3, -0.25) is 0 Å². The molecule has 8 aromatic carbocycles. The molecule has 3 heterocycles. The Hall–Kier alpha value is -7.63. The van der Waals surface area contributed by atoms with Crippen molar-refractivity contribution in [2.24, 2.45) is 0 Å². The fourth-order valence-electron chi connectivity index (χ4n) is 9.40. The predicted molar refractivity (Wildman–Crippen MR) is 241 cm³/mol. The fourth-order valence-corrected chi connectivity index (χ4v) is 9.40.